The average Bonchev–Trinajstić information content (AvgIpc) is 3.36. The lowest BCUT2D eigenvalue weighted by atomic mass is 9.76. The van der Waals surface area contributed by atoms with Gasteiger partial charge in [-0.2, -0.15) is 9.97 Å². The summed E-state index contributed by atoms with van der Waals surface area (Å²) in [5.74, 6) is 0.347. The van der Waals surface area contributed by atoms with Crippen LogP contribution in [0.15, 0.2) is 6.07 Å². The van der Waals surface area contributed by atoms with Gasteiger partial charge in [-0.15, -0.1) is 0 Å². The van der Waals surface area contributed by atoms with Gasteiger partial charge >= 0.3 is 5.97 Å². The van der Waals surface area contributed by atoms with Crippen molar-refractivity contribution in [1.82, 2.24) is 14.9 Å². The fourth-order valence-corrected chi connectivity index (χ4v) is 4.28. The lowest BCUT2D eigenvalue weighted by Gasteiger charge is -2.39. The Hall–Kier alpha value is -2.58. The van der Waals surface area contributed by atoms with Crippen LogP contribution in [-0.2, 0) is 9.59 Å². The maximum atomic E-state index is 12.5. The molecule has 9 nitrogen and oxygen atoms in total. The Morgan fingerprint density at radius 3 is 2.46 bits per heavy atom. The summed E-state index contributed by atoms with van der Waals surface area (Å²) >= 11 is 0. The predicted octanol–water partition coefficient (Wildman–Crippen LogP) is 0.323. The van der Waals surface area contributed by atoms with Gasteiger partial charge in [0.25, 0.3) is 0 Å². The molecule has 4 rings (SSSR count). The summed E-state index contributed by atoms with van der Waals surface area (Å²) in [6.07, 6.45) is 3.94. The zero-order valence-corrected chi connectivity index (χ0v) is 14.6. The Bertz CT molecular complexity index is 722. The smallest absolute Gasteiger partial charge is 0.326 e. The van der Waals surface area contributed by atoms with Crippen molar-refractivity contribution in [2.24, 2.45) is 11.3 Å². The van der Waals surface area contributed by atoms with E-state index < -0.39 is 12.0 Å². The van der Waals surface area contributed by atoms with Crippen molar-refractivity contribution in [3.8, 4) is 0 Å². The molecule has 2 aliphatic heterocycles. The third-order valence-corrected chi connectivity index (χ3v) is 5.90. The van der Waals surface area contributed by atoms with Gasteiger partial charge < -0.3 is 26.4 Å². The Kier molecular flexibility index (Phi) is 3.89. The number of carboxylic acid groups (broad SMARTS) is 1. The van der Waals surface area contributed by atoms with Crippen LogP contribution >= 0.6 is 0 Å². The number of hydrogen-bond donors (Lipinski definition) is 3. The molecular weight excluding hydrogens is 336 g/mol. The number of carbonyl (C=O) groups is 2. The molecule has 0 aromatic carbocycles. The lowest BCUT2D eigenvalue weighted by Crippen LogP contribution is -2.43. The summed E-state index contributed by atoms with van der Waals surface area (Å²) in [5.41, 5.74) is 11.3. The normalized spacial score (nSPS) is 24.8. The summed E-state index contributed by atoms with van der Waals surface area (Å²) < 4.78 is 0. The molecule has 9 heteroatoms. The van der Waals surface area contributed by atoms with E-state index in [0.717, 1.165) is 38.8 Å². The number of aliphatic carboxylic acids is 1. The van der Waals surface area contributed by atoms with Crippen molar-refractivity contribution < 1.29 is 14.7 Å². The lowest BCUT2D eigenvalue weighted by molar-refractivity contribution is -0.148. The van der Waals surface area contributed by atoms with Crippen LogP contribution in [-0.4, -0.2) is 57.5 Å². The van der Waals surface area contributed by atoms with E-state index in [1.165, 1.54) is 0 Å². The Balaban J connectivity index is 1.47. The van der Waals surface area contributed by atoms with Crippen LogP contribution in [0.25, 0.3) is 0 Å². The van der Waals surface area contributed by atoms with Gasteiger partial charge in [0, 0.05) is 31.6 Å². The molecular formula is C17H24N6O3. The van der Waals surface area contributed by atoms with E-state index >= 15 is 0 Å². The van der Waals surface area contributed by atoms with Crippen LogP contribution < -0.4 is 16.4 Å². The molecule has 26 heavy (non-hydrogen) atoms. The van der Waals surface area contributed by atoms with Crippen LogP contribution in [0.1, 0.15) is 32.1 Å². The van der Waals surface area contributed by atoms with Crippen molar-refractivity contribution in [2.45, 2.75) is 38.1 Å². The summed E-state index contributed by atoms with van der Waals surface area (Å²) in [4.78, 5) is 36.1. The van der Waals surface area contributed by atoms with E-state index in [1.54, 1.807) is 11.0 Å². The number of amides is 1. The molecule has 1 aliphatic carbocycles. The molecule has 2 saturated heterocycles. The van der Waals surface area contributed by atoms with E-state index in [0.29, 0.717) is 24.6 Å². The molecule has 3 heterocycles. The Morgan fingerprint density at radius 2 is 1.88 bits per heavy atom. The second-order valence-corrected chi connectivity index (χ2v) is 7.79. The molecule has 140 valence electrons. The number of aromatic nitrogens is 2. The third kappa shape index (κ3) is 3.02. The highest BCUT2D eigenvalue weighted by Crippen LogP contribution is 2.46. The van der Waals surface area contributed by atoms with Crippen LogP contribution in [0.2, 0.25) is 0 Å². The van der Waals surface area contributed by atoms with Crippen molar-refractivity contribution >= 4 is 29.5 Å². The number of anilines is 3. The summed E-state index contributed by atoms with van der Waals surface area (Å²) in [6.45, 7) is 2.00. The number of nitrogen functional groups attached to an aromatic ring is 2. The average molecular weight is 360 g/mol. The summed E-state index contributed by atoms with van der Waals surface area (Å²) in [5, 5.41) is 9.59. The van der Waals surface area contributed by atoms with Crippen LogP contribution in [0, 0.1) is 11.3 Å². The molecule has 1 unspecified atom stereocenters. The van der Waals surface area contributed by atoms with Crippen LogP contribution in [0.5, 0.6) is 0 Å². The minimum Gasteiger partial charge on any atom is -0.480 e. The van der Waals surface area contributed by atoms with E-state index in [-0.39, 0.29) is 23.2 Å². The molecule has 5 N–H and O–H groups in total. The number of nitrogens with zero attached hydrogens (tertiary/aromatic N) is 4. The quantitative estimate of drug-likeness (QED) is 0.700. The van der Waals surface area contributed by atoms with E-state index in [1.807, 2.05) is 0 Å². The number of carboxylic acids is 1. The van der Waals surface area contributed by atoms with Crippen LogP contribution in [0.4, 0.5) is 17.6 Å². The number of rotatable bonds is 3. The zero-order valence-electron chi connectivity index (χ0n) is 14.6. The molecule has 1 amide bonds. The number of carbonyl (C=O) groups excluding carboxylic acids is 1. The predicted molar refractivity (Wildman–Crippen MR) is 95.2 cm³/mol. The van der Waals surface area contributed by atoms with Gasteiger partial charge in [0.1, 0.15) is 17.7 Å². The first-order valence-electron chi connectivity index (χ1n) is 9.05. The van der Waals surface area contributed by atoms with Gasteiger partial charge in [-0.05, 0) is 37.5 Å². The minimum atomic E-state index is -0.894. The van der Waals surface area contributed by atoms with Crippen molar-refractivity contribution in [2.75, 3.05) is 36.0 Å². The molecule has 1 spiro atoms. The highest BCUT2D eigenvalue weighted by atomic mass is 16.4. The first-order valence-corrected chi connectivity index (χ1v) is 9.05. The van der Waals surface area contributed by atoms with E-state index in [4.69, 9.17) is 11.5 Å². The first kappa shape index (κ1) is 16.9. The van der Waals surface area contributed by atoms with Gasteiger partial charge in [0.15, 0.2) is 0 Å². The highest BCUT2D eigenvalue weighted by Gasteiger charge is 2.51. The van der Waals surface area contributed by atoms with Crippen molar-refractivity contribution in [3.05, 3.63) is 6.07 Å². The molecule has 0 radical (unpaired) electrons. The third-order valence-electron chi connectivity index (χ3n) is 5.90. The zero-order chi connectivity index (χ0) is 18.5. The maximum absolute atomic E-state index is 12.5. The number of piperidine rings is 1. The largest absolute Gasteiger partial charge is 0.480 e. The van der Waals surface area contributed by atoms with E-state index in [9.17, 15) is 14.7 Å². The maximum Gasteiger partial charge on any atom is 0.326 e. The molecule has 3 aliphatic rings. The fraction of sp³-hybridized carbons (Fsp3) is 0.647. The van der Waals surface area contributed by atoms with Gasteiger partial charge in [-0.3, -0.25) is 4.79 Å². The number of likely N-dealkylation sites (tertiary alicyclic amines) is 1. The molecule has 1 atom stereocenters. The monoisotopic (exact) mass is 360 g/mol. The molecule has 1 aromatic rings. The SMILES string of the molecule is Nc1cc(N2CCC3(CC2)CC(C(=O)O)N(C(=O)C2CC2)C3)nc(N)n1. The standard InChI is InChI=1S/C17H24N6O3/c18-12-7-13(21-16(19)20-12)22-5-3-17(4-6-22)8-11(15(25)26)23(9-17)14(24)10-1-2-10/h7,10-11H,1-6,8-9H2,(H,25,26)(H4,18,19,20,21). The second-order valence-electron chi connectivity index (χ2n) is 7.79. The summed E-state index contributed by atoms with van der Waals surface area (Å²) in [6, 6.07) is 1.01. The number of hydrogen-bond acceptors (Lipinski definition) is 7. The van der Waals surface area contributed by atoms with Gasteiger partial charge in [0.05, 0.1) is 0 Å². The highest BCUT2D eigenvalue weighted by molar-refractivity contribution is 5.87. The van der Waals surface area contributed by atoms with Gasteiger partial charge in [0.2, 0.25) is 11.9 Å². The van der Waals surface area contributed by atoms with Crippen molar-refractivity contribution in [3.63, 3.8) is 0 Å². The van der Waals surface area contributed by atoms with Gasteiger partial charge in [-0.25, -0.2) is 4.79 Å². The van der Waals surface area contributed by atoms with E-state index in [2.05, 4.69) is 14.9 Å². The van der Waals surface area contributed by atoms with Gasteiger partial charge in [-0.1, -0.05) is 0 Å². The Labute approximate surface area is 151 Å². The first-order chi connectivity index (χ1) is 12.4. The Morgan fingerprint density at radius 1 is 1.19 bits per heavy atom. The van der Waals surface area contributed by atoms with Crippen LogP contribution in [0.3, 0.4) is 0 Å². The van der Waals surface area contributed by atoms with Crippen molar-refractivity contribution in [1.29, 1.82) is 0 Å². The second kappa shape index (κ2) is 6.00. The number of nitrogens with two attached hydrogens (primary N) is 2. The summed E-state index contributed by atoms with van der Waals surface area (Å²) in [7, 11) is 0. The molecule has 1 saturated carbocycles. The molecule has 3 fully saturated rings. The topological polar surface area (TPSA) is 139 Å². The molecule has 1 aromatic heterocycles. The molecule has 0 bridgehead atoms. The minimum absolute atomic E-state index is 0.0213. The fourth-order valence-electron chi connectivity index (χ4n) is 4.28.